The number of benzene rings is 2. The molecule has 3 aromatic rings. The molecule has 7 N–H and O–H groups in total. The fraction of sp³-hybridized carbons (Fsp3) is 0.125. The van der Waals surface area contributed by atoms with Crippen molar-refractivity contribution in [2.45, 2.75) is 18.5 Å². The van der Waals surface area contributed by atoms with Gasteiger partial charge in [0, 0.05) is 23.6 Å². The van der Waals surface area contributed by atoms with Gasteiger partial charge in [-0.1, -0.05) is 36.4 Å². The van der Waals surface area contributed by atoms with Crippen LogP contribution in [0.2, 0.25) is 0 Å². The van der Waals surface area contributed by atoms with Crippen LogP contribution in [0.25, 0.3) is 0 Å². The van der Waals surface area contributed by atoms with Gasteiger partial charge in [-0.25, -0.2) is 4.79 Å². The number of nitrogens with zero attached hydrogens (tertiary/aromatic N) is 1. The average Bonchev–Trinajstić information content (AvgIpc) is 2.83. The van der Waals surface area contributed by atoms with Gasteiger partial charge in [0.15, 0.2) is 0 Å². The summed E-state index contributed by atoms with van der Waals surface area (Å²) < 4.78 is 0. The fourth-order valence-electron chi connectivity index (χ4n) is 3.24. The molecule has 0 aliphatic carbocycles. The lowest BCUT2D eigenvalue weighted by Crippen LogP contribution is -2.43. The number of amides is 3. The number of nitrogens with two attached hydrogens (primary N) is 1. The minimum Gasteiger partial charge on any atom is -0.481 e. The van der Waals surface area contributed by atoms with Gasteiger partial charge in [-0.3, -0.25) is 20.0 Å². The first-order valence-corrected chi connectivity index (χ1v) is 10.3. The first kappa shape index (κ1) is 23.9. The number of anilines is 1. The summed E-state index contributed by atoms with van der Waals surface area (Å²) in [6, 6.07) is 15.7. The number of hydrogen-bond donors (Lipinski definition) is 6. The quantitative estimate of drug-likeness (QED) is 0.212. The van der Waals surface area contributed by atoms with Crippen LogP contribution in [0.15, 0.2) is 79.1 Å². The van der Waals surface area contributed by atoms with E-state index in [9.17, 15) is 19.5 Å². The van der Waals surface area contributed by atoms with Crippen molar-refractivity contribution in [2.75, 3.05) is 5.32 Å². The van der Waals surface area contributed by atoms with Gasteiger partial charge in [-0.2, -0.15) is 0 Å². The number of urea groups is 1. The molecular weight excluding hydrogens is 436 g/mol. The third kappa shape index (κ3) is 6.63. The summed E-state index contributed by atoms with van der Waals surface area (Å²) in [5.74, 6) is -1.77. The van der Waals surface area contributed by atoms with Gasteiger partial charge < -0.3 is 26.8 Å². The largest absolute Gasteiger partial charge is 0.481 e. The van der Waals surface area contributed by atoms with Crippen molar-refractivity contribution in [3.05, 3.63) is 95.8 Å². The maximum Gasteiger partial charge on any atom is 0.320 e. The molecule has 174 valence electrons. The van der Waals surface area contributed by atoms with Crippen LogP contribution in [-0.2, 0) is 9.59 Å². The van der Waals surface area contributed by atoms with Crippen molar-refractivity contribution in [1.82, 2.24) is 15.6 Å². The summed E-state index contributed by atoms with van der Waals surface area (Å²) >= 11 is 0. The van der Waals surface area contributed by atoms with Gasteiger partial charge in [-0.15, -0.1) is 0 Å². The number of hydrogen-bond acceptors (Lipinski definition) is 5. The topological polar surface area (TPSA) is 170 Å². The predicted molar refractivity (Wildman–Crippen MR) is 126 cm³/mol. The maximum atomic E-state index is 13.2. The Kier molecular flexibility index (Phi) is 7.90. The van der Waals surface area contributed by atoms with Gasteiger partial charge in [0.05, 0.1) is 12.5 Å². The van der Waals surface area contributed by atoms with E-state index in [1.807, 2.05) is 0 Å². The minimum atomic E-state index is -1.09. The van der Waals surface area contributed by atoms with Crippen LogP contribution < -0.4 is 21.7 Å². The third-order valence-corrected chi connectivity index (χ3v) is 4.91. The van der Waals surface area contributed by atoms with Crippen molar-refractivity contribution in [1.29, 1.82) is 5.41 Å². The molecule has 0 aliphatic heterocycles. The van der Waals surface area contributed by atoms with Crippen molar-refractivity contribution in [3.8, 4) is 0 Å². The third-order valence-electron chi connectivity index (χ3n) is 4.91. The summed E-state index contributed by atoms with van der Waals surface area (Å²) in [5, 5.41) is 24.7. The summed E-state index contributed by atoms with van der Waals surface area (Å²) in [5.41, 5.74) is 7.43. The normalized spacial score (nSPS) is 12.1. The lowest BCUT2D eigenvalue weighted by molar-refractivity contribution is -0.137. The Morgan fingerprint density at radius 1 is 0.941 bits per heavy atom. The van der Waals surface area contributed by atoms with Crippen molar-refractivity contribution >= 4 is 29.4 Å². The number of amidine groups is 1. The van der Waals surface area contributed by atoms with Crippen LogP contribution in [0.1, 0.15) is 35.2 Å². The van der Waals surface area contributed by atoms with Crippen molar-refractivity contribution in [2.24, 2.45) is 5.73 Å². The molecule has 1 heterocycles. The molecule has 1 aromatic heterocycles. The number of nitrogen functional groups attached to an aromatic ring is 1. The molecule has 0 saturated carbocycles. The lowest BCUT2D eigenvalue weighted by atomic mass is 10.0. The number of carbonyl (C=O) groups is 3. The van der Waals surface area contributed by atoms with Crippen molar-refractivity contribution in [3.63, 3.8) is 0 Å². The standard InChI is InChI=1S/C24H24N6O4/c25-22(26)16-8-10-18(11-9-16)28-24(34)30-21(15-5-2-1-3-6-15)23(33)29-19(13-20(31)32)17-7-4-12-27-14-17/h1-12,14,19,21H,13H2,(H3,25,26)(H,29,33)(H,31,32)(H2,28,30,34)/t19-,21+/m1/s1. The Morgan fingerprint density at radius 3 is 2.21 bits per heavy atom. The average molecular weight is 460 g/mol. The molecule has 2 aromatic carbocycles. The zero-order chi connectivity index (χ0) is 24.5. The van der Waals surface area contributed by atoms with E-state index in [0.717, 1.165) is 0 Å². The van der Waals surface area contributed by atoms with Gasteiger partial charge in [-0.05, 0) is 41.5 Å². The van der Waals surface area contributed by atoms with Crippen LogP contribution in [0.4, 0.5) is 10.5 Å². The molecule has 0 spiro atoms. The van der Waals surface area contributed by atoms with Crippen LogP contribution in [0.5, 0.6) is 0 Å². The Hall–Kier alpha value is -4.73. The number of pyridine rings is 1. The van der Waals surface area contributed by atoms with Crippen LogP contribution in [0, 0.1) is 5.41 Å². The zero-order valence-corrected chi connectivity index (χ0v) is 18.1. The van der Waals surface area contributed by atoms with E-state index in [2.05, 4.69) is 20.9 Å². The molecule has 3 rings (SSSR count). The van der Waals surface area contributed by atoms with Gasteiger partial charge in [0.1, 0.15) is 11.9 Å². The Bertz CT molecular complexity index is 1150. The Morgan fingerprint density at radius 2 is 1.62 bits per heavy atom. The van der Waals surface area contributed by atoms with Crippen LogP contribution >= 0.6 is 0 Å². The van der Waals surface area contributed by atoms with Crippen molar-refractivity contribution < 1.29 is 19.5 Å². The first-order valence-electron chi connectivity index (χ1n) is 10.3. The van der Waals surface area contributed by atoms with Crippen LogP contribution in [-0.4, -0.2) is 33.8 Å². The second-order valence-electron chi connectivity index (χ2n) is 7.38. The first-order chi connectivity index (χ1) is 16.3. The van der Waals surface area contributed by atoms with E-state index < -0.39 is 30.0 Å². The highest BCUT2D eigenvalue weighted by molar-refractivity contribution is 5.97. The molecule has 0 saturated heterocycles. The molecule has 0 bridgehead atoms. The molecule has 34 heavy (non-hydrogen) atoms. The smallest absolute Gasteiger partial charge is 0.320 e. The monoisotopic (exact) mass is 460 g/mol. The number of carbonyl (C=O) groups excluding carboxylic acids is 2. The molecule has 0 aliphatic rings. The SMILES string of the molecule is N=C(N)c1ccc(NC(=O)N[C@H](C(=O)N[C@H](CC(=O)O)c2cccnc2)c2ccccc2)cc1. The number of aliphatic carboxylic acids is 1. The number of carboxylic acid groups (broad SMARTS) is 1. The Balaban J connectivity index is 1.78. The summed E-state index contributed by atoms with van der Waals surface area (Å²) in [6.45, 7) is 0. The molecule has 10 heteroatoms. The fourth-order valence-corrected chi connectivity index (χ4v) is 3.24. The van der Waals surface area contributed by atoms with Crippen LogP contribution in [0.3, 0.4) is 0 Å². The van der Waals surface area contributed by atoms with E-state index in [1.165, 1.54) is 6.20 Å². The van der Waals surface area contributed by atoms with Gasteiger partial charge in [0.2, 0.25) is 5.91 Å². The highest BCUT2D eigenvalue weighted by Crippen LogP contribution is 2.20. The minimum absolute atomic E-state index is 0.0960. The zero-order valence-electron chi connectivity index (χ0n) is 18.1. The van der Waals surface area contributed by atoms with Gasteiger partial charge >= 0.3 is 12.0 Å². The second-order valence-corrected chi connectivity index (χ2v) is 7.38. The van der Waals surface area contributed by atoms with E-state index in [1.54, 1.807) is 72.9 Å². The molecule has 10 nitrogen and oxygen atoms in total. The summed E-state index contributed by atoms with van der Waals surface area (Å²) in [7, 11) is 0. The van der Waals surface area contributed by atoms with E-state index >= 15 is 0 Å². The molecule has 0 unspecified atom stereocenters. The predicted octanol–water partition coefficient (Wildman–Crippen LogP) is 2.56. The Labute approximate surface area is 195 Å². The number of aromatic nitrogens is 1. The number of nitrogens with one attached hydrogen (secondary N) is 4. The maximum absolute atomic E-state index is 13.2. The molecular formula is C24H24N6O4. The van der Waals surface area contributed by atoms with Gasteiger partial charge in [0.25, 0.3) is 0 Å². The lowest BCUT2D eigenvalue weighted by Gasteiger charge is -2.23. The second kappa shape index (κ2) is 11.2. The summed E-state index contributed by atoms with van der Waals surface area (Å²) in [6.07, 6.45) is 2.68. The molecule has 0 radical (unpaired) electrons. The molecule has 0 fully saturated rings. The number of rotatable bonds is 9. The number of carboxylic acids is 1. The highest BCUT2D eigenvalue weighted by Gasteiger charge is 2.27. The molecule has 2 atom stereocenters. The summed E-state index contributed by atoms with van der Waals surface area (Å²) in [4.78, 5) is 41.3. The molecule has 3 amide bonds. The van der Waals surface area contributed by atoms with E-state index in [4.69, 9.17) is 11.1 Å². The highest BCUT2D eigenvalue weighted by atomic mass is 16.4. The van der Waals surface area contributed by atoms with E-state index in [0.29, 0.717) is 22.4 Å². The van der Waals surface area contributed by atoms with E-state index in [-0.39, 0.29) is 12.3 Å².